The molecule has 0 heterocycles. The van der Waals surface area contributed by atoms with E-state index in [1.54, 1.807) is 0 Å². The molecule has 1 nitrogen and oxygen atoms in total. The number of unbranched alkanes of at least 4 members (excludes halogenated alkanes) is 4. The van der Waals surface area contributed by atoms with Gasteiger partial charge in [0.1, 0.15) is 0 Å². The lowest BCUT2D eigenvalue weighted by Crippen LogP contribution is -2.40. The van der Waals surface area contributed by atoms with E-state index in [1.807, 2.05) is 0 Å². The zero-order valence-corrected chi connectivity index (χ0v) is 12.0. The molecule has 0 aromatic heterocycles. The summed E-state index contributed by atoms with van der Waals surface area (Å²) in [6.07, 6.45) is 15.0. The average Bonchev–Trinajstić information content (AvgIpc) is 2.34. The molecule has 0 aromatic rings. The summed E-state index contributed by atoms with van der Waals surface area (Å²) in [6, 6.07) is 0.801. The van der Waals surface area contributed by atoms with E-state index in [0.717, 1.165) is 11.3 Å². The van der Waals surface area contributed by atoms with Crippen LogP contribution >= 0.6 is 11.8 Å². The quantitative estimate of drug-likeness (QED) is 0.641. The second-order valence-corrected chi connectivity index (χ2v) is 6.11. The van der Waals surface area contributed by atoms with Crippen molar-refractivity contribution in [3.63, 3.8) is 0 Å². The smallest absolute Gasteiger partial charge is 0.0198 e. The van der Waals surface area contributed by atoms with Crippen LogP contribution < -0.4 is 5.32 Å². The van der Waals surface area contributed by atoms with Crippen molar-refractivity contribution in [2.24, 2.45) is 0 Å². The highest BCUT2D eigenvalue weighted by Crippen LogP contribution is 2.27. The summed E-state index contributed by atoms with van der Waals surface area (Å²) >= 11 is 2.06. The standard InChI is InChI=1S/C14H29NS/c1-3-4-5-6-9-12-15-13-10-7-8-11-14(13)16-2/h13-15H,3-12H2,1-2H3. The van der Waals surface area contributed by atoms with E-state index in [4.69, 9.17) is 0 Å². The number of rotatable bonds is 8. The van der Waals surface area contributed by atoms with Crippen molar-refractivity contribution < 1.29 is 0 Å². The molecule has 1 rings (SSSR count). The van der Waals surface area contributed by atoms with Crippen LogP contribution in [0.25, 0.3) is 0 Å². The Morgan fingerprint density at radius 1 is 1.06 bits per heavy atom. The van der Waals surface area contributed by atoms with Crippen molar-refractivity contribution in [1.82, 2.24) is 5.32 Å². The van der Waals surface area contributed by atoms with Crippen LogP contribution in [0.3, 0.4) is 0 Å². The summed E-state index contributed by atoms with van der Waals surface area (Å²) in [4.78, 5) is 0. The molecule has 0 aromatic carbocycles. The molecule has 0 amide bonds. The van der Waals surface area contributed by atoms with Gasteiger partial charge in [0, 0.05) is 11.3 Å². The molecular weight excluding hydrogens is 214 g/mol. The fourth-order valence-electron chi connectivity index (χ4n) is 2.63. The van der Waals surface area contributed by atoms with Gasteiger partial charge in [0.15, 0.2) is 0 Å². The Kier molecular flexibility index (Phi) is 8.40. The van der Waals surface area contributed by atoms with Crippen LogP contribution in [-0.4, -0.2) is 24.1 Å². The fraction of sp³-hybridized carbons (Fsp3) is 1.00. The molecule has 0 aliphatic heterocycles. The SMILES string of the molecule is CCCCCCCNC1CCCCC1SC. The monoisotopic (exact) mass is 243 g/mol. The van der Waals surface area contributed by atoms with Gasteiger partial charge < -0.3 is 5.32 Å². The first kappa shape index (κ1) is 14.4. The minimum atomic E-state index is 0.801. The van der Waals surface area contributed by atoms with Crippen molar-refractivity contribution in [3.8, 4) is 0 Å². The Balaban J connectivity index is 2.02. The van der Waals surface area contributed by atoms with Gasteiger partial charge in [-0.2, -0.15) is 11.8 Å². The first-order valence-corrected chi connectivity index (χ1v) is 8.43. The highest BCUT2D eigenvalue weighted by Gasteiger charge is 2.23. The van der Waals surface area contributed by atoms with Crippen molar-refractivity contribution in [1.29, 1.82) is 0 Å². The molecule has 0 spiro atoms. The highest BCUT2D eigenvalue weighted by atomic mass is 32.2. The lowest BCUT2D eigenvalue weighted by Gasteiger charge is -2.31. The molecule has 16 heavy (non-hydrogen) atoms. The lowest BCUT2D eigenvalue weighted by atomic mass is 9.95. The van der Waals surface area contributed by atoms with Crippen LogP contribution in [0.2, 0.25) is 0 Å². The first-order valence-electron chi connectivity index (χ1n) is 7.14. The van der Waals surface area contributed by atoms with Gasteiger partial charge in [0.25, 0.3) is 0 Å². The second kappa shape index (κ2) is 9.35. The third-order valence-electron chi connectivity index (χ3n) is 3.69. The molecule has 1 aliphatic rings. The van der Waals surface area contributed by atoms with Crippen molar-refractivity contribution in [3.05, 3.63) is 0 Å². The number of hydrogen-bond acceptors (Lipinski definition) is 2. The Bertz CT molecular complexity index is 161. The van der Waals surface area contributed by atoms with Gasteiger partial charge in [-0.3, -0.25) is 0 Å². The maximum absolute atomic E-state index is 3.78. The summed E-state index contributed by atoms with van der Waals surface area (Å²) in [5, 5.41) is 4.66. The number of hydrogen-bond donors (Lipinski definition) is 1. The van der Waals surface area contributed by atoms with E-state index in [0.29, 0.717) is 0 Å². The van der Waals surface area contributed by atoms with Crippen LogP contribution in [0.15, 0.2) is 0 Å². The van der Waals surface area contributed by atoms with Gasteiger partial charge in [-0.05, 0) is 32.1 Å². The summed E-state index contributed by atoms with van der Waals surface area (Å²) in [6.45, 7) is 3.52. The van der Waals surface area contributed by atoms with Gasteiger partial charge in [0.05, 0.1) is 0 Å². The Morgan fingerprint density at radius 3 is 2.56 bits per heavy atom. The predicted octanol–water partition coefficient (Wildman–Crippen LogP) is 4.22. The molecule has 1 N–H and O–H groups in total. The molecule has 96 valence electrons. The van der Waals surface area contributed by atoms with E-state index < -0.39 is 0 Å². The molecule has 2 atom stereocenters. The summed E-state index contributed by atoms with van der Waals surface area (Å²) in [5.41, 5.74) is 0. The van der Waals surface area contributed by atoms with Crippen LogP contribution in [0.1, 0.15) is 64.7 Å². The van der Waals surface area contributed by atoms with E-state index in [9.17, 15) is 0 Å². The third-order valence-corrected chi connectivity index (χ3v) is 4.86. The maximum atomic E-state index is 3.78. The number of thioether (sulfide) groups is 1. The van der Waals surface area contributed by atoms with Crippen LogP contribution in [0, 0.1) is 0 Å². The van der Waals surface area contributed by atoms with Crippen LogP contribution in [-0.2, 0) is 0 Å². The van der Waals surface area contributed by atoms with E-state index in [1.165, 1.54) is 64.3 Å². The lowest BCUT2D eigenvalue weighted by molar-refractivity contribution is 0.380. The molecule has 1 fully saturated rings. The third kappa shape index (κ3) is 5.58. The fourth-order valence-corrected chi connectivity index (χ4v) is 3.59. The summed E-state index contributed by atoms with van der Waals surface area (Å²) < 4.78 is 0. The van der Waals surface area contributed by atoms with E-state index in [-0.39, 0.29) is 0 Å². The highest BCUT2D eigenvalue weighted by molar-refractivity contribution is 7.99. The molecule has 1 saturated carbocycles. The van der Waals surface area contributed by atoms with Gasteiger partial charge in [0.2, 0.25) is 0 Å². The largest absolute Gasteiger partial charge is 0.313 e. The molecule has 0 bridgehead atoms. The van der Waals surface area contributed by atoms with Gasteiger partial charge in [-0.25, -0.2) is 0 Å². The second-order valence-electron chi connectivity index (χ2n) is 5.03. The van der Waals surface area contributed by atoms with Crippen LogP contribution in [0.4, 0.5) is 0 Å². The van der Waals surface area contributed by atoms with E-state index >= 15 is 0 Å². The molecule has 0 saturated heterocycles. The Hall–Kier alpha value is 0.310. The minimum Gasteiger partial charge on any atom is -0.313 e. The molecule has 2 unspecified atom stereocenters. The average molecular weight is 243 g/mol. The summed E-state index contributed by atoms with van der Waals surface area (Å²) in [7, 11) is 0. The predicted molar refractivity (Wildman–Crippen MR) is 76.3 cm³/mol. The topological polar surface area (TPSA) is 12.0 Å². The molecule has 2 heteroatoms. The molecule has 1 aliphatic carbocycles. The van der Waals surface area contributed by atoms with Gasteiger partial charge >= 0.3 is 0 Å². The Morgan fingerprint density at radius 2 is 1.81 bits per heavy atom. The van der Waals surface area contributed by atoms with Crippen molar-refractivity contribution in [2.75, 3.05) is 12.8 Å². The zero-order chi connectivity index (χ0) is 11.6. The van der Waals surface area contributed by atoms with Gasteiger partial charge in [-0.15, -0.1) is 0 Å². The van der Waals surface area contributed by atoms with Gasteiger partial charge in [-0.1, -0.05) is 45.4 Å². The minimum absolute atomic E-state index is 0.801. The first-order chi connectivity index (χ1) is 7.88. The molecule has 0 radical (unpaired) electrons. The Labute approximate surface area is 106 Å². The van der Waals surface area contributed by atoms with Crippen molar-refractivity contribution in [2.45, 2.75) is 76.0 Å². The molecular formula is C14H29NS. The van der Waals surface area contributed by atoms with E-state index in [2.05, 4.69) is 30.3 Å². The van der Waals surface area contributed by atoms with Crippen LogP contribution in [0.5, 0.6) is 0 Å². The number of nitrogens with one attached hydrogen (secondary N) is 1. The zero-order valence-electron chi connectivity index (χ0n) is 11.1. The van der Waals surface area contributed by atoms with Crippen molar-refractivity contribution >= 4 is 11.8 Å². The maximum Gasteiger partial charge on any atom is 0.0198 e. The summed E-state index contributed by atoms with van der Waals surface area (Å²) in [5.74, 6) is 0. The normalized spacial score (nSPS) is 25.9.